The molecule has 0 saturated heterocycles. The van der Waals surface area contributed by atoms with E-state index in [-0.39, 0.29) is 6.10 Å². The zero-order valence-electron chi connectivity index (χ0n) is 5.71. The van der Waals surface area contributed by atoms with Crippen molar-refractivity contribution in [2.45, 2.75) is 13.0 Å². The summed E-state index contributed by atoms with van der Waals surface area (Å²) in [6, 6.07) is 7.83. The molecule has 1 nitrogen and oxygen atoms in total. The molecule has 54 valence electrons. The number of aliphatic hydroxyl groups is 1. The molecule has 0 fully saturated rings. The Morgan fingerprint density at radius 2 is 2.00 bits per heavy atom. The molecule has 1 aromatic rings. The first-order valence-corrected chi connectivity index (χ1v) is 4.22. The molecule has 0 saturated carbocycles. The van der Waals surface area contributed by atoms with Crippen LogP contribution in [-0.4, -0.2) is 5.11 Å². The van der Waals surface area contributed by atoms with Crippen molar-refractivity contribution in [2.75, 3.05) is 0 Å². The second kappa shape index (κ2) is 3.34. The van der Waals surface area contributed by atoms with Crippen molar-refractivity contribution in [1.82, 2.24) is 0 Å². The Kier molecular flexibility index (Phi) is 2.68. The summed E-state index contributed by atoms with van der Waals surface area (Å²) in [6.45, 7) is 1.78. The van der Waals surface area contributed by atoms with Gasteiger partial charge in [0.2, 0.25) is 0 Å². The van der Waals surface area contributed by atoms with Gasteiger partial charge in [-0.15, -0.1) is 0 Å². The van der Waals surface area contributed by atoms with E-state index in [9.17, 15) is 5.11 Å². The molecule has 0 radical (unpaired) electrons. The quantitative estimate of drug-likeness (QED) is 0.756. The molecule has 0 aromatic heterocycles. The smallest absolute Gasteiger partial charge is 0.0772 e. The lowest BCUT2D eigenvalue weighted by molar-refractivity contribution is 0.198. The Bertz CT molecular complexity index is 220. The van der Waals surface area contributed by atoms with Gasteiger partial charge in [0.1, 0.15) is 0 Å². The summed E-state index contributed by atoms with van der Waals surface area (Å²) in [7, 11) is 0. The summed E-state index contributed by atoms with van der Waals surface area (Å²) in [5.74, 6) is 0. The van der Waals surface area contributed by atoms with Crippen LogP contribution in [0.15, 0.2) is 24.3 Å². The van der Waals surface area contributed by atoms with Crippen molar-refractivity contribution in [3.63, 3.8) is 0 Å². The highest BCUT2D eigenvalue weighted by Gasteiger charge is 2.02. The number of rotatable bonds is 1. The van der Waals surface area contributed by atoms with Gasteiger partial charge < -0.3 is 5.11 Å². The SMILES string of the molecule is CC(O)c1ccccc1I. The summed E-state index contributed by atoms with van der Waals surface area (Å²) in [5, 5.41) is 9.20. The first kappa shape index (κ1) is 8.01. The standard InChI is InChI=1S/C8H9IO/c1-6(10)7-4-2-3-5-8(7)9/h2-6,10H,1H3. The van der Waals surface area contributed by atoms with Gasteiger partial charge in [-0.05, 0) is 41.1 Å². The lowest BCUT2D eigenvalue weighted by atomic mass is 10.1. The molecule has 0 heterocycles. The van der Waals surface area contributed by atoms with Gasteiger partial charge in [-0.3, -0.25) is 0 Å². The predicted octanol–water partition coefficient (Wildman–Crippen LogP) is 2.34. The van der Waals surface area contributed by atoms with Crippen LogP contribution in [0.4, 0.5) is 0 Å². The minimum absolute atomic E-state index is 0.354. The fraction of sp³-hybridized carbons (Fsp3) is 0.250. The van der Waals surface area contributed by atoms with Crippen molar-refractivity contribution in [1.29, 1.82) is 0 Å². The highest BCUT2D eigenvalue weighted by molar-refractivity contribution is 14.1. The molecule has 1 atom stereocenters. The molecule has 1 aromatic carbocycles. The van der Waals surface area contributed by atoms with Crippen molar-refractivity contribution >= 4 is 22.6 Å². The third-order valence-electron chi connectivity index (χ3n) is 1.36. The Labute approximate surface area is 74.2 Å². The van der Waals surface area contributed by atoms with Gasteiger partial charge in [-0.25, -0.2) is 0 Å². The van der Waals surface area contributed by atoms with Crippen LogP contribution < -0.4 is 0 Å². The Hall–Kier alpha value is -0.0900. The van der Waals surface area contributed by atoms with E-state index in [0.717, 1.165) is 9.13 Å². The van der Waals surface area contributed by atoms with Gasteiger partial charge in [-0.2, -0.15) is 0 Å². The molecule has 0 aliphatic carbocycles. The van der Waals surface area contributed by atoms with E-state index in [1.165, 1.54) is 0 Å². The largest absolute Gasteiger partial charge is 0.389 e. The summed E-state index contributed by atoms with van der Waals surface area (Å²) < 4.78 is 1.12. The minimum Gasteiger partial charge on any atom is -0.389 e. The van der Waals surface area contributed by atoms with Gasteiger partial charge in [-0.1, -0.05) is 18.2 Å². The molecule has 10 heavy (non-hydrogen) atoms. The highest BCUT2D eigenvalue weighted by atomic mass is 127. The molecule has 0 aliphatic heterocycles. The fourth-order valence-electron chi connectivity index (χ4n) is 0.814. The molecule has 1 unspecified atom stereocenters. The monoisotopic (exact) mass is 248 g/mol. The molecule has 2 heteroatoms. The average molecular weight is 248 g/mol. The third kappa shape index (κ3) is 1.70. The van der Waals surface area contributed by atoms with Gasteiger partial charge in [0, 0.05) is 3.57 Å². The van der Waals surface area contributed by atoms with E-state index in [0.29, 0.717) is 0 Å². The second-order valence-corrected chi connectivity index (χ2v) is 3.36. The summed E-state index contributed by atoms with van der Waals surface area (Å²) in [4.78, 5) is 0. The average Bonchev–Trinajstić information content (AvgIpc) is 1.88. The molecular weight excluding hydrogens is 239 g/mol. The molecular formula is C8H9IO. The summed E-state index contributed by atoms with van der Waals surface area (Å²) in [5.41, 5.74) is 1.00. The lowest BCUT2D eigenvalue weighted by Gasteiger charge is -2.05. The summed E-state index contributed by atoms with van der Waals surface area (Å²) >= 11 is 2.22. The van der Waals surface area contributed by atoms with Crippen molar-refractivity contribution in [3.8, 4) is 0 Å². The number of halogens is 1. The van der Waals surface area contributed by atoms with E-state index in [4.69, 9.17) is 0 Å². The van der Waals surface area contributed by atoms with Gasteiger partial charge in [0.05, 0.1) is 6.10 Å². The molecule has 0 aliphatic rings. The lowest BCUT2D eigenvalue weighted by Crippen LogP contribution is -1.92. The topological polar surface area (TPSA) is 20.2 Å². The maximum Gasteiger partial charge on any atom is 0.0772 e. The van der Waals surface area contributed by atoms with Crippen LogP contribution in [-0.2, 0) is 0 Å². The van der Waals surface area contributed by atoms with Crippen LogP contribution in [0, 0.1) is 3.57 Å². The van der Waals surface area contributed by atoms with E-state index in [2.05, 4.69) is 22.6 Å². The molecule has 1 rings (SSSR count). The Balaban J connectivity index is 3.03. The Morgan fingerprint density at radius 3 is 2.40 bits per heavy atom. The first-order chi connectivity index (χ1) is 4.72. The number of benzene rings is 1. The van der Waals surface area contributed by atoms with Crippen molar-refractivity contribution in [3.05, 3.63) is 33.4 Å². The van der Waals surface area contributed by atoms with Crippen LogP contribution in [0.3, 0.4) is 0 Å². The van der Waals surface area contributed by atoms with E-state index in [1.807, 2.05) is 24.3 Å². The first-order valence-electron chi connectivity index (χ1n) is 3.14. The number of hydrogen-bond acceptors (Lipinski definition) is 1. The van der Waals surface area contributed by atoms with Crippen LogP contribution in [0.2, 0.25) is 0 Å². The van der Waals surface area contributed by atoms with Crippen LogP contribution in [0.1, 0.15) is 18.6 Å². The number of hydrogen-bond donors (Lipinski definition) is 1. The Morgan fingerprint density at radius 1 is 1.40 bits per heavy atom. The minimum atomic E-state index is -0.354. The van der Waals surface area contributed by atoms with Crippen LogP contribution in [0.25, 0.3) is 0 Å². The highest BCUT2D eigenvalue weighted by Crippen LogP contribution is 2.18. The third-order valence-corrected chi connectivity index (χ3v) is 2.34. The van der Waals surface area contributed by atoms with Crippen LogP contribution >= 0.6 is 22.6 Å². The van der Waals surface area contributed by atoms with Crippen molar-refractivity contribution < 1.29 is 5.11 Å². The maximum atomic E-state index is 9.20. The predicted molar refractivity (Wildman–Crippen MR) is 49.8 cm³/mol. The van der Waals surface area contributed by atoms with E-state index < -0.39 is 0 Å². The van der Waals surface area contributed by atoms with E-state index >= 15 is 0 Å². The zero-order valence-corrected chi connectivity index (χ0v) is 7.87. The zero-order chi connectivity index (χ0) is 7.56. The molecule has 0 spiro atoms. The van der Waals surface area contributed by atoms with Crippen molar-refractivity contribution in [2.24, 2.45) is 0 Å². The fourth-order valence-corrected chi connectivity index (χ4v) is 1.65. The van der Waals surface area contributed by atoms with Gasteiger partial charge >= 0.3 is 0 Å². The maximum absolute atomic E-state index is 9.20. The van der Waals surface area contributed by atoms with Gasteiger partial charge in [0.15, 0.2) is 0 Å². The second-order valence-electron chi connectivity index (χ2n) is 2.20. The van der Waals surface area contributed by atoms with Crippen LogP contribution in [0.5, 0.6) is 0 Å². The molecule has 1 N–H and O–H groups in total. The van der Waals surface area contributed by atoms with E-state index in [1.54, 1.807) is 6.92 Å². The summed E-state index contributed by atoms with van der Waals surface area (Å²) in [6.07, 6.45) is -0.354. The van der Waals surface area contributed by atoms with Gasteiger partial charge in [0.25, 0.3) is 0 Å². The number of aliphatic hydroxyl groups excluding tert-OH is 1. The normalized spacial score (nSPS) is 13.1. The molecule has 0 amide bonds. The molecule has 0 bridgehead atoms.